The zero-order valence-electron chi connectivity index (χ0n) is 15.0. The predicted octanol–water partition coefficient (Wildman–Crippen LogP) is 4.28. The number of nitrogens with zero attached hydrogens (tertiary/aromatic N) is 4. The van der Waals surface area contributed by atoms with Crippen LogP contribution < -0.4 is 5.32 Å². The maximum Gasteiger partial charge on any atom is 0.416 e. The van der Waals surface area contributed by atoms with Crippen LogP contribution in [-0.4, -0.2) is 25.5 Å². The lowest BCUT2D eigenvalue weighted by molar-refractivity contribution is -0.137. The van der Waals surface area contributed by atoms with Gasteiger partial charge in [-0.25, -0.2) is 0 Å². The van der Waals surface area contributed by atoms with Crippen molar-refractivity contribution in [3.05, 3.63) is 64.7 Å². The minimum atomic E-state index is -4.40. The highest BCUT2D eigenvalue weighted by Gasteiger charge is 2.31. The average molecular weight is 456 g/mol. The highest BCUT2D eigenvalue weighted by atomic mass is 79.9. The summed E-state index contributed by atoms with van der Waals surface area (Å²) in [4.78, 5) is 12.6. The molecule has 0 radical (unpaired) electrons. The molecule has 1 N–H and O–H groups in total. The van der Waals surface area contributed by atoms with Gasteiger partial charge < -0.3 is 5.32 Å². The molecule has 0 fully saturated rings. The monoisotopic (exact) mass is 455 g/mol. The third-order valence-corrected chi connectivity index (χ3v) is 4.58. The summed E-state index contributed by atoms with van der Waals surface area (Å²) in [6.45, 7) is 3.58. The molecule has 2 heterocycles. The van der Waals surface area contributed by atoms with E-state index in [-0.39, 0.29) is 12.5 Å². The Hall–Kier alpha value is -2.62. The lowest BCUT2D eigenvalue weighted by Gasteiger charge is -2.23. The quantitative estimate of drug-likeness (QED) is 0.624. The van der Waals surface area contributed by atoms with Crippen LogP contribution in [0.15, 0.2) is 53.5 Å². The third-order valence-electron chi connectivity index (χ3n) is 4.17. The number of halogens is 4. The number of nitrogens with one attached hydrogen (secondary N) is 1. The Balaban J connectivity index is 1.70. The van der Waals surface area contributed by atoms with E-state index >= 15 is 0 Å². The molecular formula is C18H17BrF3N5O. The van der Waals surface area contributed by atoms with E-state index in [9.17, 15) is 18.0 Å². The summed E-state index contributed by atoms with van der Waals surface area (Å²) in [6, 6.07) is 5.05. The van der Waals surface area contributed by atoms with Gasteiger partial charge in [-0.3, -0.25) is 14.2 Å². The molecular weight excluding hydrogens is 439 g/mol. The maximum atomic E-state index is 12.8. The molecule has 2 aromatic heterocycles. The lowest BCUT2D eigenvalue weighted by Crippen LogP contribution is -2.40. The van der Waals surface area contributed by atoms with Gasteiger partial charge in [-0.1, -0.05) is 12.1 Å². The third kappa shape index (κ3) is 4.44. The fourth-order valence-electron chi connectivity index (χ4n) is 2.54. The van der Waals surface area contributed by atoms with Crippen molar-refractivity contribution in [1.29, 1.82) is 0 Å². The lowest BCUT2D eigenvalue weighted by atomic mass is 10.1. The first kappa shape index (κ1) is 20.1. The molecule has 1 aromatic carbocycles. The maximum absolute atomic E-state index is 12.8. The second-order valence-corrected chi connectivity index (χ2v) is 7.66. The Labute approximate surface area is 167 Å². The van der Waals surface area contributed by atoms with Crippen LogP contribution in [0, 0.1) is 0 Å². The van der Waals surface area contributed by atoms with E-state index in [2.05, 4.69) is 31.4 Å². The van der Waals surface area contributed by atoms with Gasteiger partial charge >= 0.3 is 6.18 Å². The molecule has 6 nitrogen and oxygen atoms in total. The molecule has 3 rings (SSSR count). The Kier molecular flexibility index (Phi) is 5.33. The Morgan fingerprint density at radius 2 is 1.93 bits per heavy atom. The normalized spacial score (nSPS) is 12.2. The van der Waals surface area contributed by atoms with Crippen LogP contribution >= 0.6 is 15.9 Å². The topological polar surface area (TPSA) is 64.7 Å². The van der Waals surface area contributed by atoms with E-state index in [1.165, 1.54) is 21.6 Å². The van der Waals surface area contributed by atoms with Gasteiger partial charge in [0, 0.05) is 12.4 Å². The van der Waals surface area contributed by atoms with Crippen molar-refractivity contribution in [2.45, 2.75) is 32.1 Å². The zero-order chi connectivity index (χ0) is 20.5. The molecule has 0 saturated carbocycles. The number of alkyl halides is 3. The van der Waals surface area contributed by atoms with Crippen molar-refractivity contribution < 1.29 is 18.0 Å². The number of carbonyl (C=O) groups is 1. The van der Waals surface area contributed by atoms with Crippen LogP contribution in [-0.2, 0) is 23.1 Å². The van der Waals surface area contributed by atoms with Crippen LogP contribution in [0.25, 0.3) is 0 Å². The number of benzene rings is 1. The standard InChI is InChI=1S/C18H17BrF3N5O/c1-17(2,27-10-14(19)7-24-27)16(28)25-15-8-23-26(11-15)9-12-4-3-5-13(6-12)18(20,21)22/h3-8,10-11H,9H2,1-2H3,(H,25,28). The van der Waals surface area contributed by atoms with Crippen molar-refractivity contribution in [1.82, 2.24) is 19.6 Å². The largest absolute Gasteiger partial charge is 0.416 e. The van der Waals surface area contributed by atoms with Gasteiger partial charge in [0.2, 0.25) is 0 Å². The van der Waals surface area contributed by atoms with Crippen LogP contribution in [0.1, 0.15) is 25.0 Å². The minimum Gasteiger partial charge on any atom is -0.321 e. The molecule has 0 spiro atoms. The Morgan fingerprint density at radius 1 is 1.18 bits per heavy atom. The predicted molar refractivity (Wildman–Crippen MR) is 101 cm³/mol. The van der Waals surface area contributed by atoms with Crippen molar-refractivity contribution >= 4 is 27.5 Å². The van der Waals surface area contributed by atoms with E-state index in [0.717, 1.165) is 16.6 Å². The molecule has 28 heavy (non-hydrogen) atoms. The summed E-state index contributed by atoms with van der Waals surface area (Å²) in [5.41, 5.74) is -0.763. The van der Waals surface area contributed by atoms with Gasteiger partial charge in [0.15, 0.2) is 0 Å². The van der Waals surface area contributed by atoms with E-state index in [1.54, 1.807) is 38.5 Å². The van der Waals surface area contributed by atoms with Gasteiger partial charge in [-0.15, -0.1) is 0 Å². The van der Waals surface area contributed by atoms with Crippen LogP contribution in [0.5, 0.6) is 0 Å². The number of hydrogen-bond acceptors (Lipinski definition) is 3. The van der Waals surface area contributed by atoms with E-state index < -0.39 is 17.3 Å². The highest BCUT2D eigenvalue weighted by Crippen LogP contribution is 2.29. The molecule has 0 aliphatic rings. The summed E-state index contributed by atoms with van der Waals surface area (Å²) in [5.74, 6) is -0.304. The molecule has 1 amide bonds. The molecule has 0 aliphatic carbocycles. The fourth-order valence-corrected chi connectivity index (χ4v) is 2.83. The van der Waals surface area contributed by atoms with E-state index in [4.69, 9.17) is 0 Å². The minimum absolute atomic E-state index is 0.148. The number of amides is 1. The van der Waals surface area contributed by atoms with E-state index in [0.29, 0.717) is 11.3 Å². The van der Waals surface area contributed by atoms with Gasteiger partial charge in [0.25, 0.3) is 5.91 Å². The zero-order valence-corrected chi connectivity index (χ0v) is 16.6. The first-order valence-electron chi connectivity index (χ1n) is 8.26. The van der Waals surface area contributed by atoms with Gasteiger partial charge in [0.1, 0.15) is 5.54 Å². The fraction of sp³-hybridized carbons (Fsp3) is 0.278. The number of anilines is 1. The summed E-state index contributed by atoms with van der Waals surface area (Å²) >= 11 is 3.29. The van der Waals surface area contributed by atoms with E-state index in [1.807, 2.05) is 0 Å². The second-order valence-electron chi connectivity index (χ2n) is 6.74. The number of carbonyl (C=O) groups excluding carboxylic acids is 1. The molecule has 148 valence electrons. The summed E-state index contributed by atoms with van der Waals surface area (Å²) in [6.07, 6.45) is 1.89. The van der Waals surface area contributed by atoms with Crippen molar-refractivity contribution in [3.8, 4) is 0 Å². The first-order chi connectivity index (χ1) is 13.1. The van der Waals surface area contributed by atoms with Crippen LogP contribution in [0.2, 0.25) is 0 Å². The molecule has 0 saturated heterocycles. The smallest absolute Gasteiger partial charge is 0.321 e. The van der Waals surface area contributed by atoms with Crippen molar-refractivity contribution in [2.75, 3.05) is 5.32 Å². The first-order valence-corrected chi connectivity index (χ1v) is 9.06. The second kappa shape index (κ2) is 7.42. The Bertz CT molecular complexity index is 993. The molecule has 3 aromatic rings. The number of aromatic nitrogens is 4. The van der Waals surface area contributed by atoms with Gasteiger partial charge in [-0.05, 0) is 47.5 Å². The van der Waals surface area contributed by atoms with Gasteiger partial charge in [0.05, 0.1) is 34.7 Å². The van der Waals surface area contributed by atoms with Crippen molar-refractivity contribution in [3.63, 3.8) is 0 Å². The Morgan fingerprint density at radius 3 is 2.57 bits per heavy atom. The molecule has 0 unspecified atom stereocenters. The van der Waals surface area contributed by atoms with Crippen molar-refractivity contribution in [2.24, 2.45) is 0 Å². The molecule has 0 atom stereocenters. The summed E-state index contributed by atoms with van der Waals surface area (Å²) in [7, 11) is 0. The number of rotatable bonds is 5. The van der Waals surface area contributed by atoms with Gasteiger partial charge in [-0.2, -0.15) is 23.4 Å². The average Bonchev–Trinajstić information content (AvgIpc) is 3.23. The van der Waals surface area contributed by atoms with Crippen LogP contribution in [0.4, 0.5) is 18.9 Å². The molecule has 0 aliphatic heterocycles. The summed E-state index contributed by atoms with van der Waals surface area (Å²) < 4.78 is 42.2. The summed E-state index contributed by atoms with van der Waals surface area (Å²) in [5, 5.41) is 11.0. The highest BCUT2D eigenvalue weighted by molar-refractivity contribution is 9.10. The van der Waals surface area contributed by atoms with Crippen LogP contribution in [0.3, 0.4) is 0 Å². The molecule has 10 heteroatoms. The SMILES string of the molecule is CC(C)(C(=O)Nc1cnn(Cc2cccc(C(F)(F)F)c2)c1)n1cc(Br)cn1. The number of hydrogen-bond donors (Lipinski definition) is 1. The molecule has 0 bridgehead atoms.